The smallest absolute Gasteiger partial charge is 0.230 e. The molecule has 1 saturated heterocycles. The van der Waals surface area contributed by atoms with Crippen LogP contribution < -0.4 is 5.32 Å². The van der Waals surface area contributed by atoms with Gasteiger partial charge in [0, 0.05) is 16.8 Å². The molecule has 1 aliphatic rings. The Balaban J connectivity index is 2.01. The Morgan fingerprint density at radius 3 is 2.83 bits per heavy atom. The average molecular weight is 337 g/mol. The summed E-state index contributed by atoms with van der Waals surface area (Å²) in [7, 11) is 1.73. The van der Waals surface area contributed by atoms with Crippen LogP contribution in [0, 0.1) is 18.3 Å². The van der Waals surface area contributed by atoms with Crippen LogP contribution in [0.5, 0.6) is 0 Å². The molecule has 122 valence electrons. The van der Waals surface area contributed by atoms with E-state index in [2.05, 4.69) is 31.0 Å². The first-order valence-corrected chi connectivity index (χ1v) is 8.51. The molecule has 1 N–H and O–H groups in total. The molecule has 1 aromatic carbocycles. The molecule has 0 spiro atoms. The summed E-state index contributed by atoms with van der Waals surface area (Å²) in [5, 5.41) is 12.5. The number of thiophene rings is 1. The number of aryl methyl sites for hydroxylation is 1. The van der Waals surface area contributed by atoms with E-state index in [1.54, 1.807) is 29.4 Å². The number of amides is 1. The Morgan fingerprint density at radius 2 is 2.17 bits per heavy atom. The largest absolute Gasteiger partial charge is 0.361 e. The summed E-state index contributed by atoms with van der Waals surface area (Å²) in [6.45, 7) is 8.04. The number of nitriles is 1. The average Bonchev–Trinajstić information content (AvgIpc) is 2.95. The molecule has 2 aromatic rings. The third-order valence-electron chi connectivity index (χ3n) is 4.47. The van der Waals surface area contributed by atoms with Crippen molar-refractivity contribution in [2.45, 2.75) is 25.8 Å². The van der Waals surface area contributed by atoms with Crippen LogP contribution in [0.15, 0.2) is 42.7 Å². The maximum Gasteiger partial charge on any atom is 0.230 e. The van der Waals surface area contributed by atoms with E-state index >= 15 is 0 Å². The van der Waals surface area contributed by atoms with Crippen LogP contribution in [-0.4, -0.2) is 17.9 Å². The standard InChI is InChI=1S/C19H19N3OS/c1-12-16(15-7-5-6-14(8-15)11-20)9-17(24-12)19(3)10-18(23)22(4)13(2)21-19/h5-9,21H,2,10H2,1,3-4H3/t19-/m0/s1. The topological polar surface area (TPSA) is 56.1 Å². The second-order valence-corrected chi connectivity index (χ2v) is 7.56. The Morgan fingerprint density at radius 1 is 1.42 bits per heavy atom. The van der Waals surface area contributed by atoms with Crippen molar-refractivity contribution in [1.82, 2.24) is 10.2 Å². The van der Waals surface area contributed by atoms with Gasteiger partial charge in [0.2, 0.25) is 5.91 Å². The lowest BCUT2D eigenvalue weighted by Gasteiger charge is -2.40. The van der Waals surface area contributed by atoms with Gasteiger partial charge in [0.15, 0.2) is 0 Å². The summed E-state index contributed by atoms with van der Waals surface area (Å²) in [5.74, 6) is 0.674. The minimum absolute atomic E-state index is 0.0559. The first-order chi connectivity index (χ1) is 11.3. The Kier molecular flexibility index (Phi) is 3.94. The molecule has 4 nitrogen and oxygen atoms in total. The second kappa shape index (κ2) is 5.81. The van der Waals surface area contributed by atoms with Crippen LogP contribution >= 0.6 is 11.3 Å². The second-order valence-electron chi connectivity index (χ2n) is 6.31. The van der Waals surface area contributed by atoms with Gasteiger partial charge in [-0.05, 0) is 43.2 Å². The van der Waals surface area contributed by atoms with Crippen molar-refractivity contribution in [3.05, 3.63) is 58.0 Å². The molecule has 1 atom stereocenters. The van der Waals surface area contributed by atoms with Gasteiger partial charge in [0.1, 0.15) is 5.82 Å². The highest BCUT2D eigenvalue weighted by atomic mass is 32.1. The Hall–Kier alpha value is -2.58. The van der Waals surface area contributed by atoms with Gasteiger partial charge < -0.3 is 10.2 Å². The van der Waals surface area contributed by atoms with Gasteiger partial charge in [-0.15, -0.1) is 11.3 Å². The van der Waals surface area contributed by atoms with Gasteiger partial charge in [-0.2, -0.15) is 5.26 Å². The summed E-state index contributed by atoms with van der Waals surface area (Å²) >= 11 is 1.68. The number of rotatable bonds is 2. The lowest BCUT2D eigenvalue weighted by Crippen LogP contribution is -2.52. The molecule has 0 radical (unpaired) electrons. The molecule has 0 bridgehead atoms. The van der Waals surface area contributed by atoms with Gasteiger partial charge in [-0.3, -0.25) is 4.79 Å². The monoisotopic (exact) mass is 337 g/mol. The first kappa shape index (κ1) is 16.3. The molecule has 1 fully saturated rings. The molecular formula is C19H19N3OS. The van der Waals surface area contributed by atoms with E-state index in [0.717, 1.165) is 16.0 Å². The Bertz CT molecular complexity index is 857. The SMILES string of the molecule is C=C1N[C@](C)(c2cc(-c3cccc(C#N)c3)c(C)s2)CC(=O)N1C. The first-order valence-electron chi connectivity index (χ1n) is 7.69. The lowest BCUT2D eigenvalue weighted by atomic mass is 9.91. The number of nitrogens with one attached hydrogen (secondary N) is 1. The molecular weight excluding hydrogens is 318 g/mol. The van der Waals surface area contributed by atoms with E-state index in [9.17, 15) is 4.79 Å². The number of carbonyl (C=O) groups excluding carboxylic acids is 1. The zero-order chi connectivity index (χ0) is 17.5. The van der Waals surface area contributed by atoms with Crippen molar-refractivity contribution < 1.29 is 4.79 Å². The molecule has 0 aliphatic carbocycles. The molecule has 1 aromatic heterocycles. The number of benzene rings is 1. The molecule has 2 heterocycles. The van der Waals surface area contributed by atoms with Gasteiger partial charge in [0.25, 0.3) is 0 Å². The van der Waals surface area contributed by atoms with E-state index in [-0.39, 0.29) is 5.91 Å². The fourth-order valence-corrected chi connectivity index (χ4v) is 4.11. The highest BCUT2D eigenvalue weighted by molar-refractivity contribution is 7.12. The van der Waals surface area contributed by atoms with Crippen molar-refractivity contribution in [2.24, 2.45) is 0 Å². The normalized spacial score (nSPS) is 20.7. The fourth-order valence-electron chi connectivity index (χ4n) is 2.96. The highest BCUT2D eigenvalue weighted by Gasteiger charge is 2.38. The van der Waals surface area contributed by atoms with Gasteiger partial charge in [0.05, 0.1) is 23.6 Å². The van der Waals surface area contributed by atoms with Crippen molar-refractivity contribution in [3.8, 4) is 17.2 Å². The minimum atomic E-state index is -0.457. The van der Waals surface area contributed by atoms with Crippen LogP contribution in [0.3, 0.4) is 0 Å². The zero-order valence-electron chi connectivity index (χ0n) is 14.0. The molecule has 0 saturated carbocycles. The quantitative estimate of drug-likeness (QED) is 0.908. The van der Waals surface area contributed by atoms with Crippen LogP contribution in [0.2, 0.25) is 0 Å². The number of hydrogen-bond acceptors (Lipinski definition) is 4. The van der Waals surface area contributed by atoms with Crippen molar-refractivity contribution in [1.29, 1.82) is 5.26 Å². The lowest BCUT2D eigenvalue weighted by molar-refractivity contribution is -0.132. The van der Waals surface area contributed by atoms with Gasteiger partial charge in [-0.25, -0.2) is 0 Å². The van der Waals surface area contributed by atoms with E-state index < -0.39 is 5.54 Å². The third-order valence-corrected chi connectivity index (χ3v) is 5.78. The van der Waals surface area contributed by atoms with E-state index in [0.29, 0.717) is 17.8 Å². The third kappa shape index (κ3) is 2.70. The predicted octanol–water partition coefficient (Wildman–Crippen LogP) is 3.73. The molecule has 24 heavy (non-hydrogen) atoms. The molecule has 0 unspecified atom stereocenters. The molecule has 1 amide bonds. The highest BCUT2D eigenvalue weighted by Crippen LogP contribution is 2.40. The summed E-state index contributed by atoms with van der Waals surface area (Å²) in [6, 6.07) is 11.9. The number of nitrogens with zero attached hydrogens (tertiary/aromatic N) is 2. The van der Waals surface area contributed by atoms with Crippen LogP contribution in [0.1, 0.15) is 28.7 Å². The van der Waals surface area contributed by atoms with E-state index in [1.165, 1.54) is 4.88 Å². The maximum atomic E-state index is 12.2. The van der Waals surface area contributed by atoms with E-state index in [1.807, 2.05) is 25.1 Å². The van der Waals surface area contributed by atoms with E-state index in [4.69, 9.17) is 5.26 Å². The van der Waals surface area contributed by atoms with Crippen LogP contribution in [0.4, 0.5) is 0 Å². The Labute approximate surface area is 146 Å². The van der Waals surface area contributed by atoms with Crippen LogP contribution in [0.25, 0.3) is 11.1 Å². The van der Waals surface area contributed by atoms with Crippen molar-refractivity contribution >= 4 is 17.2 Å². The number of carbonyl (C=O) groups is 1. The van der Waals surface area contributed by atoms with Gasteiger partial charge in [-0.1, -0.05) is 18.7 Å². The predicted molar refractivity (Wildman–Crippen MR) is 96.2 cm³/mol. The van der Waals surface area contributed by atoms with Crippen molar-refractivity contribution in [2.75, 3.05) is 7.05 Å². The van der Waals surface area contributed by atoms with Gasteiger partial charge >= 0.3 is 0 Å². The summed E-state index contributed by atoms with van der Waals surface area (Å²) in [4.78, 5) is 16.1. The molecule has 5 heteroatoms. The summed E-state index contributed by atoms with van der Waals surface area (Å²) < 4.78 is 0. The van der Waals surface area contributed by atoms with Crippen LogP contribution in [-0.2, 0) is 10.3 Å². The van der Waals surface area contributed by atoms with Crippen molar-refractivity contribution in [3.63, 3.8) is 0 Å². The summed E-state index contributed by atoms with van der Waals surface area (Å²) in [5.41, 5.74) is 2.32. The maximum absolute atomic E-state index is 12.2. The molecule has 3 rings (SSSR count). The zero-order valence-corrected chi connectivity index (χ0v) is 14.8. The number of hydrogen-bond donors (Lipinski definition) is 1. The molecule has 1 aliphatic heterocycles. The summed E-state index contributed by atoms with van der Waals surface area (Å²) in [6.07, 6.45) is 0.389. The minimum Gasteiger partial charge on any atom is -0.361 e. The fraction of sp³-hybridized carbons (Fsp3) is 0.263.